The molecular weight excluding hydrogens is 167 g/mol. The maximum Gasteiger partial charge on any atom is 0.116 e. The van der Waals surface area contributed by atoms with Gasteiger partial charge in [0.25, 0.3) is 0 Å². The van der Waals surface area contributed by atoms with Crippen molar-refractivity contribution in [2.24, 2.45) is 11.8 Å². The zero-order valence-corrected chi connectivity index (χ0v) is 8.06. The molecule has 2 nitrogen and oxygen atoms in total. The SMILES string of the molecule is FC1CNCCC1C1CCNCC1. The Morgan fingerprint density at radius 2 is 1.62 bits per heavy atom. The second-order valence-electron chi connectivity index (χ2n) is 4.26. The van der Waals surface area contributed by atoms with Crippen molar-refractivity contribution in [3.63, 3.8) is 0 Å². The standard InChI is InChI=1S/C10H19FN2/c11-10-7-13-6-3-9(10)8-1-4-12-5-2-8/h8-10,12-13H,1-7H2. The number of hydrogen-bond donors (Lipinski definition) is 2. The Morgan fingerprint density at radius 1 is 0.923 bits per heavy atom. The summed E-state index contributed by atoms with van der Waals surface area (Å²) in [5.41, 5.74) is 0. The van der Waals surface area contributed by atoms with E-state index in [1.54, 1.807) is 0 Å². The fourth-order valence-electron chi connectivity index (χ4n) is 2.64. The average molecular weight is 186 g/mol. The normalized spacial score (nSPS) is 37.6. The van der Waals surface area contributed by atoms with Crippen LogP contribution in [0.4, 0.5) is 4.39 Å². The molecule has 2 aliphatic heterocycles. The summed E-state index contributed by atoms with van der Waals surface area (Å²) in [6.07, 6.45) is 2.78. The van der Waals surface area contributed by atoms with E-state index in [0.717, 1.165) is 26.1 Å². The molecule has 13 heavy (non-hydrogen) atoms. The summed E-state index contributed by atoms with van der Waals surface area (Å²) in [5.74, 6) is 0.974. The van der Waals surface area contributed by atoms with Gasteiger partial charge in [0.15, 0.2) is 0 Å². The summed E-state index contributed by atoms with van der Waals surface area (Å²) in [4.78, 5) is 0. The van der Waals surface area contributed by atoms with Gasteiger partial charge in [-0.2, -0.15) is 0 Å². The number of piperidine rings is 2. The molecule has 2 heterocycles. The Morgan fingerprint density at radius 3 is 2.31 bits per heavy atom. The van der Waals surface area contributed by atoms with Crippen LogP contribution >= 0.6 is 0 Å². The zero-order chi connectivity index (χ0) is 9.10. The second-order valence-corrected chi connectivity index (χ2v) is 4.26. The average Bonchev–Trinajstić information content (AvgIpc) is 2.20. The first-order valence-corrected chi connectivity index (χ1v) is 5.43. The lowest BCUT2D eigenvalue weighted by atomic mass is 9.78. The number of alkyl halides is 1. The Kier molecular flexibility index (Phi) is 3.17. The van der Waals surface area contributed by atoms with E-state index in [1.807, 2.05) is 0 Å². The molecule has 2 rings (SSSR count). The molecule has 0 aromatic rings. The summed E-state index contributed by atoms with van der Waals surface area (Å²) >= 11 is 0. The third-order valence-electron chi connectivity index (χ3n) is 3.45. The number of nitrogens with one attached hydrogen (secondary N) is 2. The zero-order valence-electron chi connectivity index (χ0n) is 8.06. The molecule has 2 N–H and O–H groups in total. The summed E-state index contributed by atoms with van der Waals surface area (Å²) in [7, 11) is 0. The molecule has 2 unspecified atom stereocenters. The molecule has 0 aliphatic carbocycles. The molecule has 0 bridgehead atoms. The van der Waals surface area contributed by atoms with Gasteiger partial charge < -0.3 is 10.6 Å². The molecular formula is C10H19FN2. The van der Waals surface area contributed by atoms with E-state index >= 15 is 0 Å². The van der Waals surface area contributed by atoms with Crippen molar-refractivity contribution in [3.05, 3.63) is 0 Å². The monoisotopic (exact) mass is 186 g/mol. The van der Waals surface area contributed by atoms with Crippen LogP contribution in [-0.4, -0.2) is 32.4 Å². The van der Waals surface area contributed by atoms with Gasteiger partial charge in [0, 0.05) is 6.54 Å². The summed E-state index contributed by atoms with van der Waals surface area (Å²) in [5, 5.41) is 6.44. The van der Waals surface area contributed by atoms with Gasteiger partial charge in [-0.15, -0.1) is 0 Å². The van der Waals surface area contributed by atoms with Crippen molar-refractivity contribution >= 4 is 0 Å². The number of rotatable bonds is 1. The third-order valence-corrected chi connectivity index (χ3v) is 3.45. The highest BCUT2D eigenvalue weighted by atomic mass is 19.1. The second kappa shape index (κ2) is 4.38. The van der Waals surface area contributed by atoms with Gasteiger partial charge in [-0.25, -0.2) is 4.39 Å². The molecule has 0 amide bonds. The third kappa shape index (κ3) is 2.20. The topological polar surface area (TPSA) is 24.1 Å². The highest BCUT2D eigenvalue weighted by Gasteiger charge is 2.32. The van der Waals surface area contributed by atoms with Gasteiger partial charge in [-0.3, -0.25) is 0 Å². The van der Waals surface area contributed by atoms with E-state index in [0.29, 0.717) is 18.4 Å². The van der Waals surface area contributed by atoms with Gasteiger partial charge in [-0.05, 0) is 50.7 Å². The largest absolute Gasteiger partial charge is 0.317 e. The fraction of sp³-hybridized carbons (Fsp3) is 1.00. The first kappa shape index (κ1) is 9.41. The molecule has 2 aliphatic rings. The van der Waals surface area contributed by atoms with E-state index in [4.69, 9.17) is 0 Å². The van der Waals surface area contributed by atoms with Crippen LogP contribution in [0.5, 0.6) is 0 Å². The Hall–Kier alpha value is -0.150. The molecule has 76 valence electrons. The quantitative estimate of drug-likeness (QED) is 0.636. The van der Waals surface area contributed by atoms with Crippen LogP contribution in [-0.2, 0) is 0 Å². The van der Waals surface area contributed by atoms with Crippen LogP contribution in [0.2, 0.25) is 0 Å². The number of halogens is 1. The van der Waals surface area contributed by atoms with E-state index < -0.39 is 6.17 Å². The van der Waals surface area contributed by atoms with Crippen molar-refractivity contribution < 1.29 is 4.39 Å². The lowest BCUT2D eigenvalue weighted by Crippen LogP contribution is -2.44. The van der Waals surface area contributed by atoms with Crippen LogP contribution in [0.3, 0.4) is 0 Å². The summed E-state index contributed by atoms with van der Waals surface area (Å²) in [6, 6.07) is 0. The summed E-state index contributed by atoms with van der Waals surface area (Å²) in [6.45, 7) is 3.76. The van der Waals surface area contributed by atoms with Gasteiger partial charge in [0.05, 0.1) is 0 Å². The van der Waals surface area contributed by atoms with Gasteiger partial charge in [-0.1, -0.05) is 0 Å². The molecule has 0 saturated carbocycles. The Bertz CT molecular complexity index is 157. The van der Waals surface area contributed by atoms with Crippen molar-refractivity contribution in [1.29, 1.82) is 0 Å². The lowest BCUT2D eigenvalue weighted by Gasteiger charge is -2.35. The van der Waals surface area contributed by atoms with Crippen molar-refractivity contribution in [1.82, 2.24) is 10.6 Å². The minimum Gasteiger partial charge on any atom is -0.317 e. The van der Waals surface area contributed by atoms with Gasteiger partial charge in [0.1, 0.15) is 6.17 Å². The van der Waals surface area contributed by atoms with Crippen molar-refractivity contribution in [2.45, 2.75) is 25.4 Å². The van der Waals surface area contributed by atoms with E-state index in [1.165, 1.54) is 12.8 Å². The molecule has 3 heteroatoms. The maximum atomic E-state index is 13.5. The molecule has 0 aromatic heterocycles. The minimum atomic E-state index is -0.600. The number of hydrogen-bond acceptors (Lipinski definition) is 2. The highest BCUT2D eigenvalue weighted by Crippen LogP contribution is 2.30. The minimum absolute atomic E-state index is 0.336. The highest BCUT2D eigenvalue weighted by molar-refractivity contribution is 4.85. The smallest absolute Gasteiger partial charge is 0.116 e. The van der Waals surface area contributed by atoms with Crippen LogP contribution in [0.1, 0.15) is 19.3 Å². The van der Waals surface area contributed by atoms with Gasteiger partial charge >= 0.3 is 0 Å². The summed E-state index contributed by atoms with van der Waals surface area (Å²) < 4.78 is 13.5. The molecule has 2 saturated heterocycles. The van der Waals surface area contributed by atoms with Gasteiger partial charge in [0.2, 0.25) is 0 Å². The predicted molar refractivity (Wildman–Crippen MR) is 51.5 cm³/mol. The van der Waals surface area contributed by atoms with E-state index in [-0.39, 0.29) is 0 Å². The first-order chi connectivity index (χ1) is 6.38. The maximum absolute atomic E-state index is 13.5. The molecule has 0 aromatic carbocycles. The molecule has 2 atom stereocenters. The van der Waals surface area contributed by atoms with Crippen LogP contribution in [0.25, 0.3) is 0 Å². The first-order valence-electron chi connectivity index (χ1n) is 5.43. The van der Waals surface area contributed by atoms with Crippen LogP contribution in [0, 0.1) is 11.8 Å². The van der Waals surface area contributed by atoms with Crippen LogP contribution < -0.4 is 10.6 Å². The Balaban J connectivity index is 1.88. The Labute approximate surface area is 79.3 Å². The molecule has 2 fully saturated rings. The predicted octanol–water partition coefficient (Wildman–Crippen LogP) is 0.934. The van der Waals surface area contributed by atoms with E-state index in [9.17, 15) is 4.39 Å². The van der Waals surface area contributed by atoms with Crippen molar-refractivity contribution in [2.75, 3.05) is 26.2 Å². The van der Waals surface area contributed by atoms with Crippen LogP contribution in [0.15, 0.2) is 0 Å². The van der Waals surface area contributed by atoms with E-state index in [2.05, 4.69) is 10.6 Å². The van der Waals surface area contributed by atoms with Crippen molar-refractivity contribution in [3.8, 4) is 0 Å². The lowest BCUT2D eigenvalue weighted by molar-refractivity contribution is 0.107. The fourth-order valence-corrected chi connectivity index (χ4v) is 2.64. The molecule has 0 spiro atoms. The molecule has 0 radical (unpaired) electrons.